The maximum absolute atomic E-state index is 12.6. The molecule has 0 aliphatic carbocycles. The Bertz CT molecular complexity index is 657. The summed E-state index contributed by atoms with van der Waals surface area (Å²) in [7, 11) is 0. The molecular formula is C14H15N3O2S. The molecule has 1 aliphatic heterocycles. The zero-order valence-corrected chi connectivity index (χ0v) is 11.7. The number of para-hydroxylation sites is 1. The lowest BCUT2D eigenvalue weighted by Gasteiger charge is -2.27. The molecule has 20 heavy (non-hydrogen) atoms. The van der Waals surface area contributed by atoms with Crippen LogP contribution < -0.4 is 0 Å². The zero-order chi connectivity index (χ0) is 13.9. The van der Waals surface area contributed by atoms with E-state index in [4.69, 9.17) is 17.0 Å². The largest absolute Gasteiger partial charge is 0.378 e. The third-order valence-corrected chi connectivity index (χ3v) is 3.61. The van der Waals surface area contributed by atoms with Gasteiger partial charge >= 0.3 is 0 Å². The topological polar surface area (TPSA) is 50.3 Å². The molecule has 6 heteroatoms. The van der Waals surface area contributed by atoms with E-state index in [-0.39, 0.29) is 5.91 Å². The Morgan fingerprint density at radius 3 is 2.60 bits per heavy atom. The molecule has 0 unspecified atom stereocenters. The quantitative estimate of drug-likeness (QED) is 0.860. The van der Waals surface area contributed by atoms with E-state index in [1.54, 1.807) is 15.7 Å². The number of carbonyl (C=O) groups is 1. The number of rotatable bonds is 2. The SMILES string of the molecule is O=C(c1c[nH]c(=S)n1-c1ccccc1)N1CCOCC1. The summed E-state index contributed by atoms with van der Waals surface area (Å²) in [5.41, 5.74) is 1.44. The van der Waals surface area contributed by atoms with Gasteiger partial charge in [0, 0.05) is 25.0 Å². The Morgan fingerprint density at radius 2 is 1.90 bits per heavy atom. The van der Waals surface area contributed by atoms with Gasteiger partial charge < -0.3 is 14.6 Å². The molecule has 1 amide bonds. The van der Waals surface area contributed by atoms with E-state index < -0.39 is 0 Å². The van der Waals surface area contributed by atoms with Gasteiger partial charge in [-0.2, -0.15) is 0 Å². The van der Waals surface area contributed by atoms with E-state index >= 15 is 0 Å². The number of ether oxygens (including phenoxy) is 1. The average molecular weight is 289 g/mol. The minimum Gasteiger partial charge on any atom is -0.378 e. The number of carbonyl (C=O) groups excluding carboxylic acids is 1. The molecule has 1 aromatic heterocycles. The van der Waals surface area contributed by atoms with Gasteiger partial charge in [-0.05, 0) is 24.4 Å². The van der Waals surface area contributed by atoms with Crippen molar-refractivity contribution in [3.05, 3.63) is 47.0 Å². The third-order valence-electron chi connectivity index (χ3n) is 3.31. The summed E-state index contributed by atoms with van der Waals surface area (Å²) in [6.07, 6.45) is 1.67. The van der Waals surface area contributed by atoms with Gasteiger partial charge in [0.15, 0.2) is 4.77 Å². The highest BCUT2D eigenvalue weighted by Crippen LogP contribution is 2.15. The van der Waals surface area contributed by atoms with Crippen molar-refractivity contribution >= 4 is 18.1 Å². The standard InChI is InChI=1S/C14H15N3O2S/c18-13(16-6-8-19-9-7-16)12-10-15-14(20)17(12)11-4-2-1-3-5-11/h1-5,10H,6-9H2,(H,15,20). The molecule has 3 rings (SSSR count). The van der Waals surface area contributed by atoms with E-state index in [9.17, 15) is 4.79 Å². The number of aromatic nitrogens is 2. The Hall–Kier alpha value is -1.92. The second kappa shape index (κ2) is 5.60. The predicted molar refractivity (Wildman–Crippen MR) is 77.7 cm³/mol. The smallest absolute Gasteiger partial charge is 0.272 e. The van der Waals surface area contributed by atoms with E-state index in [1.165, 1.54) is 0 Å². The molecule has 5 nitrogen and oxygen atoms in total. The van der Waals surface area contributed by atoms with Gasteiger partial charge in [0.05, 0.1) is 13.2 Å². The number of benzene rings is 1. The average Bonchev–Trinajstić information content (AvgIpc) is 2.90. The van der Waals surface area contributed by atoms with Crippen molar-refractivity contribution in [2.75, 3.05) is 26.3 Å². The highest BCUT2D eigenvalue weighted by atomic mass is 32.1. The first kappa shape index (κ1) is 13.1. The number of hydrogen-bond acceptors (Lipinski definition) is 3. The fourth-order valence-electron chi connectivity index (χ4n) is 2.29. The summed E-state index contributed by atoms with van der Waals surface area (Å²) in [6.45, 7) is 2.40. The van der Waals surface area contributed by atoms with Crippen LogP contribution in [0.2, 0.25) is 0 Å². The maximum atomic E-state index is 12.6. The first-order valence-corrected chi connectivity index (χ1v) is 6.91. The molecule has 2 aromatic rings. The van der Waals surface area contributed by atoms with Crippen molar-refractivity contribution in [3.63, 3.8) is 0 Å². The molecule has 0 atom stereocenters. The second-order valence-corrected chi connectivity index (χ2v) is 4.94. The lowest BCUT2D eigenvalue weighted by molar-refractivity contribution is 0.0297. The van der Waals surface area contributed by atoms with Crippen LogP contribution in [0.3, 0.4) is 0 Å². The first-order chi connectivity index (χ1) is 9.77. The summed E-state index contributed by atoms with van der Waals surface area (Å²) < 4.78 is 7.57. The number of nitrogens with one attached hydrogen (secondary N) is 1. The van der Waals surface area contributed by atoms with E-state index in [0.717, 1.165) is 5.69 Å². The van der Waals surface area contributed by atoms with Gasteiger partial charge in [-0.1, -0.05) is 18.2 Å². The molecular weight excluding hydrogens is 274 g/mol. The van der Waals surface area contributed by atoms with E-state index in [1.807, 2.05) is 30.3 Å². The van der Waals surface area contributed by atoms with Crippen molar-refractivity contribution in [2.45, 2.75) is 0 Å². The minimum absolute atomic E-state index is 0.0236. The molecule has 1 N–H and O–H groups in total. The van der Waals surface area contributed by atoms with E-state index in [2.05, 4.69) is 4.98 Å². The number of H-pyrrole nitrogens is 1. The van der Waals surface area contributed by atoms with Crippen LogP contribution in [-0.2, 0) is 4.74 Å². The third kappa shape index (κ3) is 2.39. The summed E-state index contributed by atoms with van der Waals surface area (Å²) in [4.78, 5) is 17.3. The van der Waals surface area contributed by atoms with Crippen LogP contribution in [0.4, 0.5) is 0 Å². The van der Waals surface area contributed by atoms with Crippen molar-refractivity contribution in [1.82, 2.24) is 14.5 Å². The number of hydrogen-bond donors (Lipinski definition) is 1. The summed E-state index contributed by atoms with van der Waals surface area (Å²) in [5.74, 6) is -0.0236. The normalized spacial score (nSPS) is 15.3. The number of morpholine rings is 1. The molecule has 0 radical (unpaired) electrons. The van der Waals surface area contributed by atoms with Crippen molar-refractivity contribution < 1.29 is 9.53 Å². The number of amides is 1. The monoisotopic (exact) mass is 289 g/mol. The maximum Gasteiger partial charge on any atom is 0.272 e. The van der Waals surface area contributed by atoms with Crippen LogP contribution in [0, 0.1) is 4.77 Å². The molecule has 0 bridgehead atoms. The summed E-state index contributed by atoms with van der Waals surface area (Å²) in [5, 5.41) is 0. The highest BCUT2D eigenvalue weighted by Gasteiger charge is 2.22. The second-order valence-electron chi connectivity index (χ2n) is 4.55. The fraction of sp³-hybridized carbons (Fsp3) is 0.286. The van der Waals surface area contributed by atoms with Crippen LogP contribution >= 0.6 is 12.2 Å². The van der Waals surface area contributed by atoms with Gasteiger partial charge in [0.2, 0.25) is 0 Å². The van der Waals surface area contributed by atoms with Crippen LogP contribution in [0.5, 0.6) is 0 Å². The van der Waals surface area contributed by atoms with Gasteiger partial charge in [0.1, 0.15) is 5.69 Å². The Labute approximate surface area is 121 Å². The van der Waals surface area contributed by atoms with Crippen molar-refractivity contribution in [3.8, 4) is 5.69 Å². The molecule has 2 heterocycles. The van der Waals surface area contributed by atoms with Crippen LogP contribution in [0.25, 0.3) is 5.69 Å². The Balaban J connectivity index is 1.98. The highest BCUT2D eigenvalue weighted by molar-refractivity contribution is 7.71. The molecule has 1 saturated heterocycles. The molecule has 1 fully saturated rings. The van der Waals surface area contributed by atoms with Gasteiger partial charge in [-0.15, -0.1) is 0 Å². The van der Waals surface area contributed by atoms with Gasteiger partial charge in [-0.3, -0.25) is 9.36 Å². The molecule has 104 valence electrons. The predicted octanol–water partition coefficient (Wildman–Crippen LogP) is 2.01. The van der Waals surface area contributed by atoms with Crippen LogP contribution in [-0.4, -0.2) is 46.7 Å². The van der Waals surface area contributed by atoms with Crippen molar-refractivity contribution in [1.29, 1.82) is 0 Å². The van der Waals surface area contributed by atoms with Crippen LogP contribution in [0.1, 0.15) is 10.5 Å². The summed E-state index contributed by atoms with van der Waals surface area (Å²) >= 11 is 5.29. The molecule has 0 spiro atoms. The Kier molecular flexibility index (Phi) is 3.66. The Morgan fingerprint density at radius 1 is 1.20 bits per heavy atom. The van der Waals surface area contributed by atoms with Gasteiger partial charge in [0.25, 0.3) is 5.91 Å². The van der Waals surface area contributed by atoms with Crippen LogP contribution in [0.15, 0.2) is 36.5 Å². The fourth-order valence-corrected chi connectivity index (χ4v) is 2.55. The van der Waals surface area contributed by atoms with Crippen molar-refractivity contribution in [2.24, 2.45) is 0 Å². The summed E-state index contributed by atoms with van der Waals surface area (Å²) in [6, 6.07) is 9.64. The number of imidazole rings is 1. The number of aromatic amines is 1. The lowest BCUT2D eigenvalue weighted by atomic mass is 10.3. The molecule has 0 saturated carbocycles. The number of nitrogens with zero attached hydrogens (tertiary/aromatic N) is 2. The lowest BCUT2D eigenvalue weighted by Crippen LogP contribution is -2.41. The molecule has 1 aromatic carbocycles. The van der Waals surface area contributed by atoms with Gasteiger partial charge in [-0.25, -0.2) is 0 Å². The molecule has 1 aliphatic rings. The first-order valence-electron chi connectivity index (χ1n) is 6.50. The minimum atomic E-state index is -0.0236. The zero-order valence-electron chi connectivity index (χ0n) is 10.9. The van der Waals surface area contributed by atoms with E-state index in [0.29, 0.717) is 36.8 Å².